The Hall–Kier alpha value is -2.18. The summed E-state index contributed by atoms with van der Waals surface area (Å²) in [6.45, 7) is 4.40. The van der Waals surface area contributed by atoms with Crippen LogP contribution in [0.1, 0.15) is 4.88 Å². The second kappa shape index (κ2) is 6.93. The first kappa shape index (κ1) is 15.7. The molecule has 3 rings (SSSR count). The molecule has 0 saturated heterocycles. The summed E-state index contributed by atoms with van der Waals surface area (Å²) >= 11 is 3.05. The van der Waals surface area contributed by atoms with Gasteiger partial charge in [-0.3, -0.25) is 4.79 Å². The molecule has 0 saturated carbocycles. The molecule has 3 aromatic rings. The van der Waals surface area contributed by atoms with E-state index in [1.165, 1.54) is 11.3 Å². The molecule has 0 spiro atoms. The van der Waals surface area contributed by atoms with Gasteiger partial charge in [0, 0.05) is 11.4 Å². The first-order valence-electron chi connectivity index (χ1n) is 7.09. The van der Waals surface area contributed by atoms with Crippen molar-refractivity contribution in [2.45, 2.75) is 13.0 Å². The fourth-order valence-electron chi connectivity index (χ4n) is 2.28. The van der Waals surface area contributed by atoms with Crippen molar-refractivity contribution in [2.75, 3.05) is 7.11 Å². The minimum Gasteiger partial charge on any atom is -0.497 e. The summed E-state index contributed by atoms with van der Waals surface area (Å²) in [5.41, 5.74) is 1.03. The molecule has 0 aliphatic heterocycles. The molecule has 0 aliphatic rings. The van der Waals surface area contributed by atoms with Gasteiger partial charge in [0.25, 0.3) is 5.91 Å². The number of carbonyl (C=O) groups excluding carboxylic acids is 1. The fourth-order valence-corrected chi connectivity index (χ4v) is 4.06. The first-order valence-corrected chi connectivity index (χ1v) is 8.79. The van der Waals surface area contributed by atoms with Gasteiger partial charge in [0.05, 0.1) is 23.7 Å². The molecule has 1 aromatic carbocycles. The quantitative estimate of drug-likeness (QED) is 0.664. The summed E-state index contributed by atoms with van der Waals surface area (Å²) in [5, 5.41) is 1.96. The van der Waals surface area contributed by atoms with Crippen molar-refractivity contribution in [1.82, 2.24) is 4.57 Å². The van der Waals surface area contributed by atoms with Crippen LogP contribution in [-0.2, 0) is 17.8 Å². The molecule has 0 radical (unpaired) electrons. The standard InChI is InChI=1S/C17H16N2O2S2/c1-3-8-19-14-7-6-12(21-2)10-15(14)23-17(19)18-16(20)11-13-5-4-9-22-13/h3-7,9-10H,1,8,11H2,2H3. The molecule has 2 heterocycles. The van der Waals surface area contributed by atoms with Gasteiger partial charge in [-0.1, -0.05) is 23.5 Å². The Morgan fingerprint density at radius 3 is 3.00 bits per heavy atom. The number of benzene rings is 1. The molecule has 0 N–H and O–H groups in total. The number of thiazole rings is 1. The molecule has 1 amide bonds. The van der Waals surface area contributed by atoms with Gasteiger partial charge in [0.2, 0.25) is 0 Å². The number of carbonyl (C=O) groups is 1. The summed E-state index contributed by atoms with van der Waals surface area (Å²) in [6, 6.07) is 9.74. The van der Waals surface area contributed by atoms with Gasteiger partial charge < -0.3 is 9.30 Å². The topological polar surface area (TPSA) is 43.6 Å². The van der Waals surface area contributed by atoms with Crippen LogP contribution in [0.15, 0.2) is 53.4 Å². The number of rotatable bonds is 5. The number of aromatic nitrogens is 1. The Bertz CT molecular complexity index is 904. The number of nitrogens with zero attached hydrogens (tertiary/aromatic N) is 2. The number of ether oxygens (including phenoxy) is 1. The van der Waals surface area contributed by atoms with Crippen LogP contribution >= 0.6 is 22.7 Å². The van der Waals surface area contributed by atoms with Crippen molar-refractivity contribution in [2.24, 2.45) is 4.99 Å². The number of hydrogen-bond acceptors (Lipinski definition) is 4. The average Bonchev–Trinajstić information content (AvgIpc) is 3.15. The molecule has 23 heavy (non-hydrogen) atoms. The Morgan fingerprint density at radius 1 is 1.43 bits per heavy atom. The lowest BCUT2D eigenvalue weighted by Crippen LogP contribution is -2.16. The molecule has 0 aliphatic carbocycles. The highest BCUT2D eigenvalue weighted by Crippen LogP contribution is 2.23. The lowest BCUT2D eigenvalue weighted by molar-refractivity contribution is -0.117. The Morgan fingerprint density at radius 2 is 2.30 bits per heavy atom. The van der Waals surface area contributed by atoms with Crippen molar-refractivity contribution in [3.63, 3.8) is 0 Å². The van der Waals surface area contributed by atoms with E-state index in [1.54, 1.807) is 24.5 Å². The molecule has 2 aromatic heterocycles. The van der Waals surface area contributed by atoms with Gasteiger partial charge in [-0.15, -0.1) is 17.9 Å². The summed E-state index contributed by atoms with van der Waals surface area (Å²) < 4.78 is 8.30. The largest absolute Gasteiger partial charge is 0.497 e. The van der Waals surface area contributed by atoms with Crippen LogP contribution in [0.3, 0.4) is 0 Å². The second-order valence-corrected chi connectivity index (χ2v) is 6.92. The van der Waals surface area contributed by atoms with Gasteiger partial charge in [0.1, 0.15) is 5.75 Å². The van der Waals surface area contributed by atoms with Crippen molar-refractivity contribution in [3.8, 4) is 5.75 Å². The molecule has 4 nitrogen and oxygen atoms in total. The highest BCUT2D eigenvalue weighted by atomic mass is 32.1. The molecule has 0 atom stereocenters. The van der Waals surface area contributed by atoms with E-state index in [1.807, 2.05) is 40.3 Å². The second-order valence-electron chi connectivity index (χ2n) is 4.88. The van der Waals surface area contributed by atoms with E-state index in [9.17, 15) is 4.79 Å². The van der Waals surface area contributed by atoms with Crippen LogP contribution in [0.5, 0.6) is 5.75 Å². The van der Waals surface area contributed by atoms with E-state index in [-0.39, 0.29) is 5.91 Å². The SMILES string of the molecule is C=CCn1c(=NC(=O)Cc2cccs2)sc2cc(OC)ccc21. The number of amides is 1. The third-order valence-corrected chi connectivity index (χ3v) is 5.25. The third-order valence-electron chi connectivity index (χ3n) is 3.33. The van der Waals surface area contributed by atoms with E-state index in [0.717, 1.165) is 20.8 Å². The lowest BCUT2D eigenvalue weighted by Gasteiger charge is -2.02. The van der Waals surface area contributed by atoms with Crippen LogP contribution in [0.4, 0.5) is 0 Å². The smallest absolute Gasteiger partial charge is 0.253 e. The first-order chi connectivity index (χ1) is 11.2. The number of fused-ring (bicyclic) bond motifs is 1. The summed E-state index contributed by atoms with van der Waals surface area (Å²) in [4.78, 5) is 18.2. The van der Waals surface area contributed by atoms with E-state index in [2.05, 4.69) is 11.6 Å². The van der Waals surface area contributed by atoms with E-state index in [4.69, 9.17) is 4.74 Å². The van der Waals surface area contributed by atoms with Gasteiger partial charge >= 0.3 is 0 Å². The average molecular weight is 344 g/mol. The molecule has 6 heteroatoms. The summed E-state index contributed by atoms with van der Waals surface area (Å²) in [5.74, 6) is 0.657. The predicted octanol–water partition coefficient (Wildman–Crippen LogP) is 3.63. The van der Waals surface area contributed by atoms with Crippen molar-refractivity contribution >= 4 is 38.8 Å². The highest BCUT2D eigenvalue weighted by molar-refractivity contribution is 7.16. The molecule has 0 fully saturated rings. The van der Waals surface area contributed by atoms with Crippen LogP contribution in [0.2, 0.25) is 0 Å². The number of thiophene rings is 1. The lowest BCUT2D eigenvalue weighted by atomic mass is 10.3. The Kier molecular flexibility index (Phi) is 4.73. The van der Waals surface area contributed by atoms with E-state index < -0.39 is 0 Å². The maximum atomic E-state index is 12.2. The van der Waals surface area contributed by atoms with Crippen LogP contribution in [0.25, 0.3) is 10.2 Å². The normalized spacial score (nSPS) is 11.8. The van der Waals surface area contributed by atoms with E-state index in [0.29, 0.717) is 17.8 Å². The van der Waals surface area contributed by atoms with Gasteiger partial charge in [0.15, 0.2) is 4.80 Å². The Balaban J connectivity index is 2.04. The van der Waals surface area contributed by atoms with Crippen LogP contribution in [-0.4, -0.2) is 17.6 Å². The van der Waals surface area contributed by atoms with Gasteiger partial charge in [-0.05, 0) is 29.6 Å². The summed E-state index contributed by atoms with van der Waals surface area (Å²) in [7, 11) is 1.64. The molecular formula is C17H16N2O2S2. The molecule has 0 bridgehead atoms. The minimum absolute atomic E-state index is 0.135. The zero-order valence-electron chi connectivity index (χ0n) is 12.7. The monoisotopic (exact) mass is 344 g/mol. The molecule has 0 unspecified atom stereocenters. The molecular weight excluding hydrogens is 328 g/mol. The highest BCUT2D eigenvalue weighted by Gasteiger charge is 2.09. The third kappa shape index (κ3) is 3.43. The van der Waals surface area contributed by atoms with Crippen molar-refractivity contribution in [3.05, 3.63) is 58.0 Å². The van der Waals surface area contributed by atoms with E-state index >= 15 is 0 Å². The zero-order chi connectivity index (χ0) is 16.2. The number of allylic oxidation sites excluding steroid dienone is 1. The minimum atomic E-state index is -0.135. The molecule has 118 valence electrons. The Labute approximate surface area is 142 Å². The van der Waals surface area contributed by atoms with Crippen LogP contribution in [0, 0.1) is 0 Å². The van der Waals surface area contributed by atoms with Crippen molar-refractivity contribution in [1.29, 1.82) is 0 Å². The maximum absolute atomic E-state index is 12.2. The van der Waals surface area contributed by atoms with Gasteiger partial charge in [-0.2, -0.15) is 4.99 Å². The predicted molar refractivity (Wildman–Crippen MR) is 95.2 cm³/mol. The fraction of sp³-hybridized carbons (Fsp3) is 0.176. The van der Waals surface area contributed by atoms with Crippen molar-refractivity contribution < 1.29 is 9.53 Å². The number of hydrogen-bond donors (Lipinski definition) is 0. The number of methoxy groups -OCH3 is 1. The zero-order valence-corrected chi connectivity index (χ0v) is 14.3. The van der Waals surface area contributed by atoms with Crippen LogP contribution < -0.4 is 9.54 Å². The maximum Gasteiger partial charge on any atom is 0.253 e. The summed E-state index contributed by atoms with van der Waals surface area (Å²) in [6.07, 6.45) is 2.14. The van der Waals surface area contributed by atoms with Gasteiger partial charge in [-0.25, -0.2) is 0 Å².